The fourth-order valence-corrected chi connectivity index (χ4v) is 2.77. The van der Waals surface area contributed by atoms with Gasteiger partial charge in [-0.2, -0.15) is 5.10 Å². The van der Waals surface area contributed by atoms with Crippen LogP contribution in [0.1, 0.15) is 29.4 Å². The number of amides is 1. The van der Waals surface area contributed by atoms with Gasteiger partial charge in [-0.3, -0.25) is 14.4 Å². The topological polar surface area (TPSA) is 50.2 Å². The lowest BCUT2D eigenvalue weighted by Crippen LogP contribution is -2.37. The molecule has 1 amide bonds. The number of aryl methyl sites for hydroxylation is 3. The summed E-state index contributed by atoms with van der Waals surface area (Å²) >= 11 is 0. The average molecular weight is 332 g/mol. The van der Waals surface area contributed by atoms with Gasteiger partial charge >= 0.3 is 0 Å². The summed E-state index contributed by atoms with van der Waals surface area (Å²) < 4.78 is 15.0. The van der Waals surface area contributed by atoms with Gasteiger partial charge in [-0.1, -0.05) is 12.1 Å². The van der Waals surface area contributed by atoms with Crippen LogP contribution in [-0.2, 0) is 11.3 Å². The molecule has 0 saturated heterocycles. The van der Waals surface area contributed by atoms with E-state index in [1.807, 2.05) is 43.6 Å². The van der Waals surface area contributed by atoms with E-state index in [1.54, 1.807) is 12.1 Å². The van der Waals surface area contributed by atoms with Crippen molar-refractivity contribution in [2.45, 2.75) is 32.9 Å². The van der Waals surface area contributed by atoms with E-state index in [0.717, 1.165) is 29.9 Å². The van der Waals surface area contributed by atoms with E-state index in [9.17, 15) is 9.18 Å². The van der Waals surface area contributed by atoms with Gasteiger partial charge in [0, 0.05) is 18.8 Å². The van der Waals surface area contributed by atoms with Crippen LogP contribution in [0.3, 0.4) is 0 Å². The molecule has 0 aliphatic rings. The first kappa shape index (κ1) is 18.1. The van der Waals surface area contributed by atoms with Crippen LogP contribution in [0, 0.1) is 19.7 Å². The van der Waals surface area contributed by atoms with E-state index < -0.39 is 6.04 Å². The van der Waals surface area contributed by atoms with Gasteiger partial charge < -0.3 is 5.32 Å². The Morgan fingerprint density at radius 3 is 2.50 bits per heavy atom. The Bertz CT molecular complexity index is 679. The number of aromatic nitrogens is 2. The van der Waals surface area contributed by atoms with E-state index in [4.69, 9.17) is 0 Å². The van der Waals surface area contributed by atoms with Gasteiger partial charge in [0.25, 0.3) is 0 Å². The number of rotatable bonds is 7. The molecule has 0 spiro atoms. The van der Waals surface area contributed by atoms with E-state index in [1.165, 1.54) is 12.1 Å². The standard InChI is InChI=1S/C18H25FN4O/c1-13-12-14(2)23(21-13)11-5-10-20-18(24)17(22(3)4)15-6-8-16(19)9-7-15/h6-9,12,17H,5,10-11H2,1-4H3,(H,20,24). The molecule has 1 aromatic heterocycles. The number of hydrogen-bond acceptors (Lipinski definition) is 3. The molecule has 0 saturated carbocycles. The molecule has 24 heavy (non-hydrogen) atoms. The highest BCUT2D eigenvalue weighted by Gasteiger charge is 2.22. The van der Waals surface area contributed by atoms with Gasteiger partial charge in [0.15, 0.2) is 0 Å². The lowest BCUT2D eigenvalue weighted by Gasteiger charge is -2.24. The number of likely N-dealkylation sites (N-methyl/N-ethyl adjacent to an activating group) is 1. The number of hydrogen-bond donors (Lipinski definition) is 1. The molecule has 0 fully saturated rings. The molecule has 0 bridgehead atoms. The molecule has 6 heteroatoms. The maximum absolute atomic E-state index is 13.1. The van der Waals surface area contributed by atoms with Crippen molar-refractivity contribution in [2.24, 2.45) is 0 Å². The highest BCUT2D eigenvalue weighted by atomic mass is 19.1. The number of halogens is 1. The van der Waals surface area contributed by atoms with Crippen molar-refractivity contribution >= 4 is 5.91 Å². The summed E-state index contributed by atoms with van der Waals surface area (Å²) in [6.07, 6.45) is 0.803. The molecule has 130 valence electrons. The van der Waals surface area contributed by atoms with Crippen molar-refractivity contribution in [2.75, 3.05) is 20.6 Å². The molecular formula is C18H25FN4O. The van der Waals surface area contributed by atoms with E-state index in [0.29, 0.717) is 6.54 Å². The van der Waals surface area contributed by atoms with Crippen molar-refractivity contribution in [3.63, 3.8) is 0 Å². The highest BCUT2D eigenvalue weighted by molar-refractivity contribution is 5.83. The number of nitrogens with zero attached hydrogens (tertiary/aromatic N) is 3. The molecule has 0 aliphatic carbocycles. The van der Waals surface area contributed by atoms with Crippen LogP contribution in [0.15, 0.2) is 30.3 Å². The highest BCUT2D eigenvalue weighted by Crippen LogP contribution is 2.18. The van der Waals surface area contributed by atoms with Gasteiger partial charge in [-0.15, -0.1) is 0 Å². The van der Waals surface area contributed by atoms with Crippen LogP contribution in [0.25, 0.3) is 0 Å². The summed E-state index contributed by atoms with van der Waals surface area (Å²) in [5, 5.41) is 7.36. The zero-order valence-electron chi connectivity index (χ0n) is 14.7. The maximum Gasteiger partial charge on any atom is 0.241 e. The second-order valence-corrected chi connectivity index (χ2v) is 6.21. The number of carbonyl (C=O) groups is 1. The fourth-order valence-electron chi connectivity index (χ4n) is 2.77. The van der Waals surface area contributed by atoms with Crippen molar-refractivity contribution in [1.29, 1.82) is 0 Å². The maximum atomic E-state index is 13.1. The van der Waals surface area contributed by atoms with Gasteiger partial charge in [-0.25, -0.2) is 4.39 Å². The van der Waals surface area contributed by atoms with Crippen molar-refractivity contribution in [3.05, 3.63) is 53.1 Å². The molecule has 5 nitrogen and oxygen atoms in total. The van der Waals surface area contributed by atoms with E-state index in [2.05, 4.69) is 10.4 Å². The monoisotopic (exact) mass is 332 g/mol. The van der Waals surface area contributed by atoms with Gasteiger partial charge in [0.1, 0.15) is 11.9 Å². The third kappa shape index (κ3) is 4.64. The SMILES string of the molecule is Cc1cc(C)n(CCCNC(=O)C(c2ccc(F)cc2)N(C)C)n1. The normalized spacial score (nSPS) is 12.4. The van der Waals surface area contributed by atoms with Gasteiger partial charge in [-0.05, 0) is 58.1 Å². The molecule has 0 aliphatic heterocycles. The summed E-state index contributed by atoms with van der Waals surface area (Å²) in [4.78, 5) is 14.3. The van der Waals surface area contributed by atoms with Gasteiger partial charge in [0.2, 0.25) is 5.91 Å². The molecule has 2 rings (SSSR count). The first-order valence-corrected chi connectivity index (χ1v) is 8.09. The third-order valence-corrected chi connectivity index (χ3v) is 3.90. The number of nitrogens with one attached hydrogen (secondary N) is 1. The van der Waals surface area contributed by atoms with E-state index >= 15 is 0 Å². The minimum atomic E-state index is -0.431. The molecule has 0 radical (unpaired) electrons. The Morgan fingerprint density at radius 1 is 1.29 bits per heavy atom. The summed E-state index contributed by atoms with van der Waals surface area (Å²) in [5.74, 6) is -0.387. The Balaban J connectivity index is 1.89. The number of benzene rings is 1. The second kappa shape index (κ2) is 8.06. The van der Waals surface area contributed by atoms with Crippen LogP contribution in [0.4, 0.5) is 4.39 Å². The Morgan fingerprint density at radius 2 is 1.96 bits per heavy atom. The average Bonchev–Trinajstić information content (AvgIpc) is 2.83. The van der Waals surface area contributed by atoms with Crippen molar-refractivity contribution < 1.29 is 9.18 Å². The van der Waals surface area contributed by atoms with E-state index in [-0.39, 0.29) is 11.7 Å². The molecule has 1 heterocycles. The lowest BCUT2D eigenvalue weighted by molar-refractivity contribution is -0.125. The largest absolute Gasteiger partial charge is 0.354 e. The Hall–Kier alpha value is -2.21. The molecular weight excluding hydrogens is 307 g/mol. The van der Waals surface area contributed by atoms with Gasteiger partial charge in [0.05, 0.1) is 5.69 Å². The fraction of sp³-hybridized carbons (Fsp3) is 0.444. The minimum Gasteiger partial charge on any atom is -0.354 e. The van der Waals surface area contributed by atoms with Crippen LogP contribution < -0.4 is 5.32 Å². The first-order chi connectivity index (χ1) is 11.4. The molecule has 2 aromatic rings. The third-order valence-electron chi connectivity index (χ3n) is 3.90. The molecule has 1 N–H and O–H groups in total. The van der Waals surface area contributed by atoms with Crippen molar-refractivity contribution in [1.82, 2.24) is 20.0 Å². The Labute approximate surface area is 142 Å². The summed E-state index contributed by atoms with van der Waals surface area (Å²) in [6.45, 7) is 5.33. The van der Waals surface area contributed by atoms with Crippen LogP contribution in [-0.4, -0.2) is 41.2 Å². The molecule has 1 atom stereocenters. The smallest absolute Gasteiger partial charge is 0.241 e. The van der Waals surface area contributed by atoms with Crippen LogP contribution >= 0.6 is 0 Å². The zero-order valence-corrected chi connectivity index (χ0v) is 14.7. The van der Waals surface area contributed by atoms with Crippen molar-refractivity contribution in [3.8, 4) is 0 Å². The predicted molar refractivity (Wildman–Crippen MR) is 92.2 cm³/mol. The second-order valence-electron chi connectivity index (χ2n) is 6.21. The minimum absolute atomic E-state index is 0.0834. The molecule has 1 aromatic carbocycles. The van der Waals surface area contributed by atoms with Crippen LogP contribution in [0.5, 0.6) is 0 Å². The quantitative estimate of drug-likeness (QED) is 0.793. The Kier molecular flexibility index (Phi) is 6.09. The predicted octanol–water partition coefficient (Wildman–Crippen LogP) is 2.45. The number of carbonyl (C=O) groups excluding carboxylic acids is 1. The first-order valence-electron chi connectivity index (χ1n) is 8.09. The summed E-state index contributed by atoms with van der Waals surface area (Å²) in [5.41, 5.74) is 2.90. The molecule has 1 unspecified atom stereocenters. The zero-order chi connectivity index (χ0) is 17.7. The van der Waals surface area contributed by atoms with Crippen LogP contribution in [0.2, 0.25) is 0 Å². The summed E-state index contributed by atoms with van der Waals surface area (Å²) in [6, 6.07) is 7.66. The lowest BCUT2D eigenvalue weighted by atomic mass is 10.1. The summed E-state index contributed by atoms with van der Waals surface area (Å²) in [7, 11) is 3.67.